The smallest absolute Gasteiger partial charge is 0.276 e. The molecular weight excluding hydrogens is 446 g/mol. The lowest BCUT2D eigenvalue weighted by atomic mass is 10.2. The molecule has 0 aliphatic rings. The quantitative estimate of drug-likeness (QED) is 0.323. The number of amides is 1. The summed E-state index contributed by atoms with van der Waals surface area (Å²) in [5, 5.41) is 30.5. The Kier molecular flexibility index (Phi) is 5.26. The minimum absolute atomic E-state index is 0.104. The summed E-state index contributed by atoms with van der Waals surface area (Å²) < 4.78 is 1.17. The van der Waals surface area contributed by atoms with Crippen LogP contribution in [0.5, 0.6) is 0 Å². The summed E-state index contributed by atoms with van der Waals surface area (Å²) in [7, 11) is 0. The van der Waals surface area contributed by atoms with Gasteiger partial charge in [0.05, 0.1) is 15.4 Å². The highest BCUT2D eigenvalue weighted by Gasteiger charge is 2.27. The van der Waals surface area contributed by atoms with Crippen LogP contribution in [0.1, 0.15) is 10.4 Å². The van der Waals surface area contributed by atoms with Gasteiger partial charge in [0.2, 0.25) is 11.6 Å². The van der Waals surface area contributed by atoms with Crippen molar-refractivity contribution in [3.05, 3.63) is 79.6 Å². The summed E-state index contributed by atoms with van der Waals surface area (Å²) in [6, 6.07) is 10.2. The van der Waals surface area contributed by atoms with Crippen molar-refractivity contribution < 1.29 is 14.6 Å². The molecule has 1 amide bonds. The molecule has 0 spiro atoms. The molecule has 0 saturated carbocycles. The molecule has 32 heavy (non-hydrogen) atoms. The molecule has 0 unspecified atom stereocenters. The predicted octanol–water partition coefficient (Wildman–Crippen LogP) is 2.44. The molecule has 0 bridgehead atoms. The number of nitrogens with zero attached hydrogens (tertiary/aromatic N) is 7. The van der Waals surface area contributed by atoms with Gasteiger partial charge in [-0.05, 0) is 24.3 Å². The highest BCUT2D eigenvalue weighted by molar-refractivity contribution is 6.32. The lowest BCUT2D eigenvalue weighted by Crippen LogP contribution is -2.30. The standard InChI is InChI=1S/C17H10ClN9O5/c18-10-6-5-9(7-13(10)26(29)30)17(28)23-22-15-14(27(31)32)16(20-8-19-15)25-12-4-2-1-3-11(12)21-24-25/h1-8H,(H,23,28)(H,19,20,22). The van der Waals surface area contributed by atoms with Crippen molar-refractivity contribution in [1.82, 2.24) is 30.4 Å². The Morgan fingerprint density at radius 3 is 2.59 bits per heavy atom. The fourth-order valence-corrected chi connectivity index (χ4v) is 2.98. The number of fused-ring (bicyclic) bond motifs is 1. The van der Waals surface area contributed by atoms with Crippen LogP contribution in [0.3, 0.4) is 0 Å². The molecule has 0 fully saturated rings. The third kappa shape index (κ3) is 3.72. The van der Waals surface area contributed by atoms with E-state index in [4.69, 9.17) is 11.6 Å². The number of carbonyl (C=O) groups is 1. The molecule has 0 atom stereocenters. The molecule has 0 radical (unpaired) electrons. The maximum atomic E-state index is 12.4. The van der Waals surface area contributed by atoms with Crippen molar-refractivity contribution in [1.29, 1.82) is 0 Å². The maximum absolute atomic E-state index is 12.4. The van der Waals surface area contributed by atoms with Crippen LogP contribution in [0.25, 0.3) is 16.9 Å². The summed E-state index contributed by atoms with van der Waals surface area (Å²) in [5.41, 5.74) is 4.38. The number of nitro benzene ring substituents is 1. The molecule has 4 aromatic rings. The second-order valence-electron chi connectivity index (χ2n) is 6.14. The average molecular weight is 456 g/mol. The van der Waals surface area contributed by atoms with Crippen LogP contribution in [0, 0.1) is 20.2 Å². The normalized spacial score (nSPS) is 10.7. The Morgan fingerprint density at radius 2 is 1.84 bits per heavy atom. The molecule has 2 aromatic heterocycles. The number of hydrogen-bond donors (Lipinski definition) is 2. The monoisotopic (exact) mass is 455 g/mol. The highest BCUT2D eigenvalue weighted by atomic mass is 35.5. The van der Waals surface area contributed by atoms with E-state index < -0.39 is 27.1 Å². The summed E-state index contributed by atoms with van der Waals surface area (Å²) >= 11 is 5.74. The van der Waals surface area contributed by atoms with Crippen LogP contribution in [-0.4, -0.2) is 40.7 Å². The number of halogens is 1. The highest BCUT2D eigenvalue weighted by Crippen LogP contribution is 2.29. The van der Waals surface area contributed by atoms with Gasteiger partial charge in [-0.2, -0.15) is 4.68 Å². The Labute approximate surface area is 182 Å². The number of hydrazine groups is 1. The van der Waals surface area contributed by atoms with Crippen LogP contribution in [0.2, 0.25) is 5.02 Å². The van der Waals surface area contributed by atoms with E-state index in [-0.39, 0.29) is 22.2 Å². The summed E-state index contributed by atoms with van der Waals surface area (Å²) in [6.07, 6.45) is 1.04. The average Bonchev–Trinajstić information content (AvgIpc) is 3.21. The lowest BCUT2D eigenvalue weighted by molar-refractivity contribution is -0.384. The first-order chi connectivity index (χ1) is 15.4. The number of nitro groups is 2. The van der Waals surface area contributed by atoms with Gasteiger partial charge in [-0.25, -0.2) is 9.97 Å². The molecule has 160 valence electrons. The fraction of sp³-hybridized carbons (Fsp3) is 0. The number of benzene rings is 2. The zero-order valence-electron chi connectivity index (χ0n) is 15.7. The third-order valence-electron chi connectivity index (χ3n) is 4.24. The first-order valence-corrected chi connectivity index (χ1v) is 9.05. The van der Waals surface area contributed by atoms with Crippen molar-refractivity contribution in [3.8, 4) is 5.82 Å². The van der Waals surface area contributed by atoms with Crippen molar-refractivity contribution >= 4 is 45.7 Å². The zero-order chi connectivity index (χ0) is 22.8. The molecule has 2 heterocycles. The fourth-order valence-electron chi connectivity index (χ4n) is 2.79. The van der Waals surface area contributed by atoms with Gasteiger partial charge in [0.15, 0.2) is 0 Å². The zero-order valence-corrected chi connectivity index (χ0v) is 16.4. The van der Waals surface area contributed by atoms with Gasteiger partial charge in [-0.15, -0.1) is 5.10 Å². The van der Waals surface area contributed by atoms with Gasteiger partial charge in [0.25, 0.3) is 11.6 Å². The summed E-state index contributed by atoms with van der Waals surface area (Å²) in [4.78, 5) is 41.4. The van der Waals surface area contributed by atoms with Gasteiger partial charge < -0.3 is 0 Å². The van der Waals surface area contributed by atoms with Crippen LogP contribution in [-0.2, 0) is 0 Å². The molecule has 2 N–H and O–H groups in total. The lowest BCUT2D eigenvalue weighted by Gasteiger charge is -2.10. The molecule has 0 aliphatic carbocycles. The van der Waals surface area contributed by atoms with Crippen LogP contribution in [0.15, 0.2) is 48.8 Å². The number of nitrogens with one attached hydrogen (secondary N) is 2. The van der Waals surface area contributed by atoms with E-state index in [1.54, 1.807) is 24.3 Å². The number of anilines is 1. The third-order valence-corrected chi connectivity index (χ3v) is 4.56. The Balaban J connectivity index is 1.66. The van der Waals surface area contributed by atoms with E-state index in [1.165, 1.54) is 16.8 Å². The number of para-hydroxylation sites is 1. The van der Waals surface area contributed by atoms with Crippen molar-refractivity contribution in [3.63, 3.8) is 0 Å². The predicted molar refractivity (Wildman–Crippen MR) is 110 cm³/mol. The number of aromatic nitrogens is 5. The minimum Gasteiger partial charge on any atom is -0.276 e. The summed E-state index contributed by atoms with van der Waals surface area (Å²) in [5.74, 6) is -1.33. The topological polar surface area (TPSA) is 184 Å². The summed E-state index contributed by atoms with van der Waals surface area (Å²) in [6.45, 7) is 0. The maximum Gasteiger partial charge on any atom is 0.357 e. The first kappa shape index (κ1) is 20.5. The van der Waals surface area contributed by atoms with Crippen molar-refractivity contribution in [2.75, 3.05) is 5.43 Å². The Hall–Kier alpha value is -4.72. The molecule has 0 aliphatic heterocycles. The second kappa shape index (κ2) is 8.19. The van der Waals surface area contributed by atoms with Crippen LogP contribution < -0.4 is 10.9 Å². The molecular formula is C17H10ClN9O5. The van der Waals surface area contributed by atoms with E-state index in [1.807, 2.05) is 0 Å². The van der Waals surface area contributed by atoms with Crippen molar-refractivity contribution in [2.24, 2.45) is 0 Å². The number of carbonyl (C=O) groups excluding carboxylic acids is 1. The van der Waals surface area contributed by atoms with Gasteiger partial charge in [-0.1, -0.05) is 28.9 Å². The van der Waals surface area contributed by atoms with Crippen LogP contribution in [0.4, 0.5) is 17.2 Å². The largest absolute Gasteiger partial charge is 0.357 e. The van der Waals surface area contributed by atoms with E-state index >= 15 is 0 Å². The van der Waals surface area contributed by atoms with E-state index in [0.717, 1.165) is 12.4 Å². The first-order valence-electron chi connectivity index (χ1n) is 8.67. The van der Waals surface area contributed by atoms with E-state index in [0.29, 0.717) is 11.0 Å². The van der Waals surface area contributed by atoms with E-state index in [2.05, 4.69) is 31.1 Å². The Bertz CT molecular complexity index is 1390. The molecule has 2 aromatic carbocycles. The molecule has 14 nitrogen and oxygen atoms in total. The van der Waals surface area contributed by atoms with Gasteiger partial charge in [0.1, 0.15) is 16.9 Å². The molecule has 15 heteroatoms. The van der Waals surface area contributed by atoms with Gasteiger partial charge >= 0.3 is 5.69 Å². The van der Waals surface area contributed by atoms with E-state index in [9.17, 15) is 25.0 Å². The van der Waals surface area contributed by atoms with Crippen LogP contribution >= 0.6 is 11.6 Å². The number of hydrogen-bond acceptors (Lipinski definition) is 10. The SMILES string of the molecule is O=C(NNc1ncnc(-n2nnc3ccccc32)c1[N+](=O)[O-])c1ccc(Cl)c([N+](=O)[O-])c1. The van der Waals surface area contributed by atoms with Gasteiger partial charge in [-0.3, -0.25) is 35.9 Å². The van der Waals surface area contributed by atoms with Gasteiger partial charge in [0, 0.05) is 11.6 Å². The van der Waals surface area contributed by atoms with Crippen molar-refractivity contribution in [2.45, 2.75) is 0 Å². The molecule has 4 rings (SSSR count). The Morgan fingerprint density at radius 1 is 1.06 bits per heavy atom. The minimum atomic E-state index is -0.814. The molecule has 0 saturated heterocycles. The second-order valence-corrected chi connectivity index (χ2v) is 6.55. The number of rotatable bonds is 6.